The maximum Gasteiger partial charge on any atom is 0.251 e. The fraction of sp³-hybridized carbons (Fsp3) is 0.636. The molecule has 1 aromatic rings. The van der Waals surface area contributed by atoms with Crippen molar-refractivity contribution < 1.29 is 4.79 Å². The van der Waals surface area contributed by atoms with Gasteiger partial charge in [-0.3, -0.25) is 9.69 Å². The number of carbonyl (C=O) groups is 1. The van der Waals surface area contributed by atoms with Gasteiger partial charge < -0.3 is 16.0 Å². The van der Waals surface area contributed by atoms with Gasteiger partial charge >= 0.3 is 0 Å². The molecular formula is C22H37N5O. The highest BCUT2D eigenvalue weighted by Gasteiger charge is 2.22. The van der Waals surface area contributed by atoms with Crippen LogP contribution in [0.15, 0.2) is 29.3 Å². The maximum absolute atomic E-state index is 12.3. The van der Waals surface area contributed by atoms with E-state index < -0.39 is 0 Å². The third kappa shape index (κ3) is 6.82. The molecule has 2 unspecified atom stereocenters. The van der Waals surface area contributed by atoms with Crippen molar-refractivity contribution >= 4 is 11.9 Å². The summed E-state index contributed by atoms with van der Waals surface area (Å²) >= 11 is 0. The van der Waals surface area contributed by atoms with E-state index >= 15 is 0 Å². The minimum atomic E-state index is -0.0221. The minimum Gasteiger partial charge on any atom is -0.357 e. The number of rotatable bonds is 9. The normalized spacial score (nSPS) is 18.7. The molecule has 0 radical (unpaired) electrons. The van der Waals surface area contributed by atoms with Crippen molar-refractivity contribution in [2.45, 2.75) is 65.6 Å². The summed E-state index contributed by atoms with van der Waals surface area (Å²) in [6.07, 6.45) is 3.44. The summed E-state index contributed by atoms with van der Waals surface area (Å²) in [5.74, 6) is 0.811. The standard InChI is InChI=1S/C22H37N5O/c1-5-17(4)26-21(28)19-11-8-10-18(14-19)15-24-22(23-6-2)25-16-20-12-9-13-27(20)7-3/h8,10-11,14,17,20H,5-7,9,12-13,15-16H2,1-4H3,(H,26,28)(H2,23,24,25). The summed E-state index contributed by atoms with van der Waals surface area (Å²) < 4.78 is 0. The summed E-state index contributed by atoms with van der Waals surface area (Å²) in [6.45, 7) is 13.0. The Labute approximate surface area is 170 Å². The molecule has 6 nitrogen and oxygen atoms in total. The average molecular weight is 388 g/mol. The topological polar surface area (TPSA) is 68.8 Å². The van der Waals surface area contributed by atoms with Crippen molar-refractivity contribution in [1.82, 2.24) is 20.9 Å². The summed E-state index contributed by atoms with van der Waals surface area (Å²) in [6, 6.07) is 8.49. The highest BCUT2D eigenvalue weighted by Crippen LogP contribution is 2.15. The largest absolute Gasteiger partial charge is 0.357 e. The van der Waals surface area contributed by atoms with E-state index in [1.807, 2.05) is 31.2 Å². The Balaban J connectivity index is 1.96. The number of aliphatic imine (C=N–C) groups is 1. The molecule has 1 saturated heterocycles. The van der Waals surface area contributed by atoms with Crippen LogP contribution in [0.1, 0.15) is 62.9 Å². The number of likely N-dealkylation sites (tertiary alicyclic amines) is 1. The van der Waals surface area contributed by atoms with Crippen molar-refractivity contribution in [3.05, 3.63) is 35.4 Å². The van der Waals surface area contributed by atoms with Gasteiger partial charge in [0.05, 0.1) is 6.54 Å². The maximum atomic E-state index is 12.3. The first-order chi connectivity index (χ1) is 13.6. The molecule has 1 aliphatic heterocycles. The zero-order valence-electron chi connectivity index (χ0n) is 17.9. The molecule has 0 spiro atoms. The van der Waals surface area contributed by atoms with Crippen LogP contribution in [0.3, 0.4) is 0 Å². The highest BCUT2D eigenvalue weighted by atomic mass is 16.1. The molecule has 3 N–H and O–H groups in total. The van der Waals surface area contributed by atoms with E-state index in [2.05, 4.69) is 41.6 Å². The van der Waals surface area contributed by atoms with Crippen molar-refractivity contribution in [2.24, 2.45) is 4.99 Å². The first-order valence-corrected chi connectivity index (χ1v) is 10.7. The van der Waals surface area contributed by atoms with E-state index in [9.17, 15) is 4.79 Å². The third-order valence-electron chi connectivity index (χ3n) is 5.35. The number of hydrogen-bond donors (Lipinski definition) is 3. The molecule has 1 aliphatic rings. The quantitative estimate of drug-likeness (QED) is 0.450. The highest BCUT2D eigenvalue weighted by molar-refractivity contribution is 5.94. The van der Waals surface area contributed by atoms with Crippen LogP contribution >= 0.6 is 0 Å². The van der Waals surface area contributed by atoms with Gasteiger partial charge in [0.15, 0.2) is 5.96 Å². The number of nitrogens with one attached hydrogen (secondary N) is 3. The van der Waals surface area contributed by atoms with Crippen LogP contribution in [0.5, 0.6) is 0 Å². The molecule has 0 aromatic heterocycles. The monoisotopic (exact) mass is 387 g/mol. The smallest absolute Gasteiger partial charge is 0.251 e. The fourth-order valence-electron chi connectivity index (χ4n) is 3.49. The SMILES string of the molecule is CCNC(=NCc1cccc(C(=O)NC(C)CC)c1)NCC1CCCN1CC. The Morgan fingerprint density at radius 3 is 2.82 bits per heavy atom. The second kappa shape index (κ2) is 11.7. The third-order valence-corrected chi connectivity index (χ3v) is 5.35. The van der Waals surface area contributed by atoms with E-state index in [0.29, 0.717) is 18.2 Å². The molecule has 0 bridgehead atoms. The lowest BCUT2D eigenvalue weighted by molar-refractivity contribution is 0.0939. The number of benzene rings is 1. The molecule has 1 amide bonds. The van der Waals surface area contributed by atoms with Gasteiger partial charge in [0.1, 0.15) is 0 Å². The molecule has 1 fully saturated rings. The van der Waals surface area contributed by atoms with Crippen molar-refractivity contribution in [3.63, 3.8) is 0 Å². The van der Waals surface area contributed by atoms with Crippen molar-refractivity contribution in [3.8, 4) is 0 Å². The lowest BCUT2D eigenvalue weighted by Gasteiger charge is -2.24. The number of nitrogens with zero attached hydrogens (tertiary/aromatic N) is 2. The van der Waals surface area contributed by atoms with Gasteiger partial charge in [0.2, 0.25) is 0 Å². The molecule has 0 aliphatic carbocycles. The van der Waals surface area contributed by atoms with Crippen LogP contribution < -0.4 is 16.0 Å². The Bertz CT molecular complexity index is 646. The molecule has 2 atom stereocenters. The summed E-state index contributed by atoms with van der Waals surface area (Å²) in [4.78, 5) is 19.6. The molecule has 2 rings (SSSR count). The van der Waals surface area contributed by atoms with E-state index in [0.717, 1.165) is 37.6 Å². The fourth-order valence-corrected chi connectivity index (χ4v) is 3.49. The van der Waals surface area contributed by atoms with Gasteiger partial charge in [-0.25, -0.2) is 4.99 Å². The van der Waals surface area contributed by atoms with Gasteiger partial charge in [-0.1, -0.05) is 26.0 Å². The van der Waals surface area contributed by atoms with Gasteiger partial charge in [-0.05, 0) is 63.9 Å². The van der Waals surface area contributed by atoms with E-state index in [1.54, 1.807) is 0 Å². The molecule has 1 heterocycles. The number of guanidine groups is 1. The molecule has 156 valence electrons. The Morgan fingerprint density at radius 2 is 2.11 bits per heavy atom. The molecular weight excluding hydrogens is 350 g/mol. The predicted molar refractivity (Wildman–Crippen MR) is 117 cm³/mol. The molecule has 28 heavy (non-hydrogen) atoms. The molecule has 0 saturated carbocycles. The van der Waals surface area contributed by atoms with E-state index in [-0.39, 0.29) is 11.9 Å². The van der Waals surface area contributed by atoms with Crippen LogP contribution in [0.25, 0.3) is 0 Å². The average Bonchev–Trinajstić information content (AvgIpc) is 3.17. The van der Waals surface area contributed by atoms with Crippen LogP contribution in [0, 0.1) is 0 Å². The summed E-state index contributed by atoms with van der Waals surface area (Å²) in [5, 5.41) is 9.82. The molecule has 6 heteroatoms. The molecule has 1 aromatic carbocycles. The minimum absolute atomic E-state index is 0.0221. The van der Waals surface area contributed by atoms with Gasteiger partial charge in [-0.15, -0.1) is 0 Å². The Morgan fingerprint density at radius 1 is 1.29 bits per heavy atom. The summed E-state index contributed by atoms with van der Waals surface area (Å²) in [7, 11) is 0. The van der Waals surface area contributed by atoms with Crippen molar-refractivity contribution in [2.75, 3.05) is 26.2 Å². The van der Waals surface area contributed by atoms with E-state index in [4.69, 9.17) is 4.99 Å². The van der Waals surface area contributed by atoms with Crippen molar-refractivity contribution in [1.29, 1.82) is 0 Å². The van der Waals surface area contributed by atoms with Crippen LogP contribution in [-0.2, 0) is 6.54 Å². The second-order valence-corrected chi connectivity index (χ2v) is 7.48. The Kier molecular flexibility index (Phi) is 9.28. The number of carbonyl (C=O) groups excluding carboxylic acids is 1. The van der Waals surface area contributed by atoms with Crippen LogP contribution in [0.2, 0.25) is 0 Å². The van der Waals surface area contributed by atoms with Gasteiger partial charge in [-0.2, -0.15) is 0 Å². The Hall–Kier alpha value is -2.08. The van der Waals surface area contributed by atoms with E-state index in [1.165, 1.54) is 19.4 Å². The predicted octanol–water partition coefficient (Wildman–Crippen LogP) is 2.75. The number of hydrogen-bond acceptors (Lipinski definition) is 3. The zero-order valence-corrected chi connectivity index (χ0v) is 17.9. The first-order valence-electron chi connectivity index (χ1n) is 10.7. The zero-order chi connectivity index (χ0) is 20.4. The number of likely N-dealkylation sites (N-methyl/N-ethyl adjacent to an activating group) is 1. The van der Waals surface area contributed by atoms with Gasteiger partial charge in [0, 0.05) is 30.7 Å². The first kappa shape index (κ1) is 22.2. The van der Waals surface area contributed by atoms with Gasteiger partial charge in [0.25, 0.3) is 5.91 Å². The second-order valence-electron chi connectivity index (χ2n) is 7.48. The summed E-state index contributed by atoms with van der Waals surface area (Å²) in [5.41, 5.74) is 1.72. The van der Waals surface area contributed by atoms with Crippen LogP contribution in [0.4, 0.5) is 0 Å². The van der Waals surface area contributed by atoms with Crippen LogP contribution in [-0.4, -0.2) is 55.0 Å². The lowest BCUT2D eigenvalue weighted by atomic mass is 10.1. The lowest BCUT2D eigenvalue weighted by Crippen LogP contribution is -2.44. The number of amides is 1.